The van der Waals surface area contributed by atoms with Crippen LogP contribution in [-0.4, -0.2) is 24.9 Å². The van der Waals surface area contributed by atoms with Crippen LogP contribution in [0.4, 0.5) is 5.69 Å². The van der Waals surface area contributed by atoms with Crippen LogP contribution in [0.15, 0.2) is 46.1 Å². The molecule has 2 rings (SSSR count). The molecule has 0 atom stereocenters. The number of nitrogens with one attached hydrogen (secondary N) is 2. The first-order chi connectivity index (χ1) is 12.1. The molecule has 0 aliphatic heterocycles. The van der Waals surface area contributed by atoms with Gasteiger partial charge in [-0.3, -0.25) is 14.3 Å². The van der Waals surface area contributed by atoms with Gasteiger partial charge in [0.25, 0.3) is 15.6 Å². The van der Waals surface area contributed by atoms with Crippen LogP contribution in [0.2, 0.25) is 0 Å². The Balaban J connectivity index is 2.33. The lowest BCUT2D eigenvalue weighted by molar-refractivity contribution is -0.122. The number of hydrogen-bond donors (Lipinski definition) is 2. The molecular weight excluding hydrogens is 354 g/mol. The molecule has 1 aromatic carbocycles. The van der Waals surface area contributed by atoms with E-state index in [0.29, 0.717) is 5.69 Å². The highest BCUT2D eigenvalue weighted by molar-refractivity contribution is 7.92. The van der Waals surface area contributed by atoms with Crippen molar-refractivity contribution in [3.05, 3.63) is 58.0 Å². The second kappa shape index (κ2) is 7.74. The minimum absolute atomic E-state index is 0.0540. The summed E-state index contributed by atoms with van der Waals surface area (Å²) in [5.41, 5.74) is 0.818. The molecule has 0 bridgehead atoms. The molecule has 26 heavy (non-hydrogen) atoms. The number of rotatable bonds is 6. The van der Waals surface area contributed by atoms with Crippen LogP contribution in [0.1, 0.15) is 25.1 Å². The average Bonchev–Trinajstić information content (AvgIpc) is 2.54. The molecule has 0 fully saturated rings. The molecule has 0 saturated heterocycles. The van der Waals surface area contributed by atoms with Gasteiger partial charge in [-0.15, -0.1) is 0 Å². The van der Waals surface area contributed by atoms with Gasteiger partial charge in [-0.25, -0.2) is 8.42 Å². The van der Waals surface area contributed by atoms with Crippen molar-refractivity contribution in [2.24, 2.45) is 0 Å². The molecule has 0 radical (unpaired) electrons. The molecule has 0 saturated carbocycles. The van der Waals surface area contributed by atoms with Crippen LogP contribution >= 0.6 is 0 Å². The van der Waals surface area contributed by atoms with Gasteiger partial charge in [0.15, 0.2) is 0 Å². The third-order valence-corrected chi connectivity index (χ3v) is 5.10. The summed E-state index contributed by atoms with van der Waals surface area (Å²) in [5, 5.41) is 2.71. The van der Waals surface area contributed by atoms with Crippen molar-refractivity contribution in [3.63, 3.8) is 0 Å². The molecule has 7 nitrogen and oxygen atoms in total. The first-order valence-electron chi connectivity index (χ1n) is 8.19. The van der Waals surface area contributed by atoms with Crippen LogP contribution in [0, 0.1) is 13.8 Å². The Morgan fingerprint density at radius 1 is 1.08 bits per heavy atom. The van der Waals surface area contributed by atoms with E-state index in [9.17, 15) is 18.0 Å². The summed E-state index contributed by atoms with van der Waals surface area (Å²) in [5.74, 6) is -0.316. The zero-order valence-corrected chi connectivity index (χ0v) is 16.1. The summed E-state index contributed by atoms with van der Waals surface area (Å²) in [4.78, 5) is 24.7. The van der Waals surface area contributed by atoms with Crippen molar-refractivity contribution in [3.8, 4) is 0 Å². The van der Waals surface area contributed by atoms with E-state index in [4.69, 9.17) is 0 Å². The molecular formula is C18H23N3O4S. The molecule has 1 heterocycles. The summed E-state index contributed by atoms with van der Waals surface area (Å²) < 4.78 is 28.5. The molecule has 0 aliphatic rings. The normalized spacial score (nSPS) is 11.4. The van der Waals surface area contributed by atoms with Crippen molar-refractivity contribution in [2.75, 3.05) is 4.72 Å². The van der Waals surface area contributed by atoms with E-state index in [0.717, 1.165) is 5.56 Å². The number of nitrogens with zero attached hydrogens (tertiary/aromatic N) is 1. The lowest BCUT2D eigenvalue weighted by Gasteiger charge is -2.14. The van der Waals surface area contributed by atoms with Gasteiger partial charge >= 0.3 is 0 Å². The molecule has 140 valence electrons. The first kappa shape index (κ1) is 19.7. The van der Waals surface area contributed by atoms with E-state index in [-0.39, 0.29) is 29.1 Å². The van der Waals surface area contributed by atoms with E-state index in [2.05, 4.69) is 10.0 Å². The highest BCUT2D eigenvalue weighted by Gasteiger charge is 2.18. The fraction of sp³-hybridized carbons (Fsp3) is 0.333. The molecule has 1 aromatic heterocycles. The number of hydrogen-bond acceptors (Lipinski definition) is 4. The molecule has 0 aliphatic carbocycles. The number of carbonyl (C=O) groups excluding carboxylic acids is 1. The Kier molecular flexibility index (Phi) is 5.86. The predicted molar refractivity (Wildman–Crippen MR) is 101 cm³/mol. The number of amides is 1. The Morgan fingerprint density at radius 2 is 1.69 bits per heavy atom. The smallest absolute Gasteiger partial charge is 0.275 e. The Labute approximate surface area is 153 Å². The number of aryl methyl sites for hydroxylation is 2. The molecule has 0 unspecified atom stereocenters. The van der Waals surface area contributed by atoms with Gasteiger partial charge in [-0.2, -0.15) is 0 Å². The summed E-state index contributed by atoms with van der Waals surface area (Å²) in [6.07, 6.45) is 0. The quantitative estimate of drug-likeness (QED) is 0.802. The van der Waals surface area contributed by atoms with Crippen LogP contribution < -0.4 is 15.6 Å². The highest BCUT2D eigenvalue weighted by atomic mass is 32.2. The maximum atomic E-state index is 12.6. The number of sulfonamides is 1. The Hall–Kier alpha value is -2.61. The van der Waals surface area contributed by atoms with E-state index >= 15 is 0 Å². The van der Waals surface area contributed by atoms with Crippen molar-refractivity contribution >= 4 is 21.6 Å². The van der Waals surface area contributed by atoms with Gasteiger partial charge in [-0.05, 0) is 52.0 Å². The molecule has 8 heteroatoms. The predicted octanol–water partition coefficient (Wildman–Crippen LogP) is 1.79. The van der Waals surface area contributed by atoms with Crippen molar-refractivity contribution in [2.45, 2.75) is 45.2 Å². The van der Waals surface area contributed by atoms with Gasteiger partial charge in [-0.1, -0.05) is 17.7 Å². The largest absolute Gasteiger partial charge is 0.352 e. The van der Waals surface area contributed by atoms with E-state index < -0.39 is 15.6 Å². The van der Waals surface area contributed by atoms with Crippen LogP contribution in [-0.2, 0) is 21.4 Å². The van der Waals surface area contributed by atoms with Crippen molar-refractivity contribution < 1.29 is 13.2 Å². The number of aromatic nitrogens is 1. The highest BCUT2D eigenvalue weighted by Crippen LogP contribution is 2.14. The van der Waals surface area contributed by atoms with Crippen LogP contribution in [0.25, 0.3) is 0 Å². The number of carbonyl (C=O) groups is 1. The first-order valence-corrected chi connectivity index (χ1v) is 9.68. The Bertz CT molecular complexity index is 961. The lowest BCUT2D eigenvalue weighted by atomic mass is 10.2. The van der Waals surface area contributed by atoms with Crippen molar-refractivity contribution in [1.29, 1.82) is 0 Å². The maximum Gasteiger partial charge on any atom is 0.275 e. The summed E-state index contributed by atoms with van der Waals surface area (Å²) >= 11 is 0. The topological polar surface area (TPSA) is 97.3 Å². The fourth-order valence-corrected chi connectivity index (χ4v) is 3.43. The SMILES string of the molecule is Cc1ccc(S(=O)(=O)Nc2ccc(C)n(CC(=O)NC(C)C)c2=O)cc1. The second-order valence-electron chi connectivity index (χ2n) is 6.42. The molecule has 2 N–H and O–H groups in total. The van der Waals surface area contributed by atoms with Gasteiger partial charge in [0, 0.05) is 11.7 Å². The maximum absolute atomic E-state index is 12.6. The number of anilines is 1. The second-order valence-corrected chi connectivity index (χ2v) is 8.10. The molecule has 2 aromatic rings. The van der Waals surface area contributed by atoms with Crippen LogP contribution in [0.5, 0.6) is 0 Å². The summed E-state index contributed by atoms with van der Waals surface area (Å²) in [7, 11) is -3.89. The van der Waals surface area contributed by atoms with Gasteiger partial charge in [0.1, 0.15) is 12.2 Å². The third kappa shape index (κ3) is 4.72. The zero-order valence-electron chi connectivity index (χ0n) is 15.2. The van der Waals surface area contributed by atoms with Crippen LogP contribution in [0.3, 0.4) is 0 Å². The monoisotopic (exact) mass is 377 g/mol. The van der Waals surface area contributed by atoms with E-state index in [1.807, 2.05) is 20.8 Å². The number of pyridine rings is 1. The number of benzene rings is 1. The molecule has 1 amide bonds. The fourth-order valence-electron chi connectivity index (χ4n) is 2.38. The zero-order chi connectivity index (χ0) is 19.5. The van der Waals surface area contributed by atoms with E-state index in [1.54, 1.807) is 25.1 Å². The van der Waals surface area contributed by atoms with E-state index in [1.165, 1.54) is 22.8 Å². The molecule has 0 spiro atoms. The Morgan fingerprint density at radius 3 is 2.27 bits per heavy atom. The van der Waals surface area contributed by atoms with Gasteiger partial charge in [0.05, 0.1) is 4.90 Å². The average molecular weight is 377 g/mol. The van der Waals surface area contributed by atoms with Crippen molar-refractivity contribution in [1.82, 2.24) is 9.88 Å². The summed E-state index contributed by atoms with van der Waals surface area (Å²) in [6, 6.07) is 9.25. The lowest BCUT2D eigenvalue weighted by Crippen LogP contribution is -2.37. The third-order valence-electron chi connectivity index (χ3n) is 3.72. The van der Waals surface area contributed by atoms with Gasteiger partial charge in [0.2, 0.25) is 5.91 Å². The standard InChI is InChI=1S/C18H23N3O4S/c1-12(2)19-17(22)11-21-14(4)7-10-16(18(21)23)20-26(24,25)15-8-5-13(3)6-9-15/h5-10,12,20H,11H2,1-4H3,(H,19,22). The summed E-state index contributed by atoms with van der Waals surface area (Å²) in [6.45, 7) is 7.00. The van der Waals surface area contributed by atoms with Gasteiger partial charge < -0.3 is 9.88 Å². The minimum Gasteiger partial charge on any atom is -0.352 e. The minimum atomic E-state index is -3.89.